The fraction of sp³-hybridized carbons (Fsp3) is 0.500. The Kier molecular flexibility index (Phi) is 4.15. The normalized spacial score (nSPS) is 24.9. The SMILES string of the molecule is C=CCN(Cc1ccc[nH]c1=O)C1(C)CCS(=O)(=O)C1. The Hall–Kier alpha value is -1.40. The number of aromatic nitrogens is 1. The molecule has 0 aliphatic carbocycles. The lowest BCUT2D eigenvalue weighted by atomic mass is 9.98. The molecule has 0 amide bonds. The second-order valence-electron chi connectivity index (χ2n) is 5.53. The van der Waals surface area contributed by atoms with E-state index in [1.165, 1.54) is 0 Å². The lowest BCUT2D eigenvalue weighted by Gasteiger charge is -2.36. The van der Waals surface area contributed by atoms with Crippen LogP contribution in [0.1, 0.15) is 18.9 Å². The largest absolute Gasteiger partial charge is 0.329 e. The molecule has 1 unspecified atom stereocenters. The minimum atomic E-state index is -2.98. The van der Waals surface area contributed by atoms with Crippen LogP contribution in [0.4, 0.5) is 0 Å². The molecule has 1 fully saturated rings. The highest BCUT2D eigenvalue weighted by molar-refractivity contribution is 7.91. The van der Waals surface area contributed by atoms with Gasteiger partial charge >= 0.3 is 0 Å². The molecule has 0 radical (unpaired) electrons. The molecule has 20 heavy (non-hydrogen) atoms. The van der Waals surface area contributed by atoms with E-state index in [0.717, 1.165) is 0 Å². The topological polar surface area (TPSA) is 70.2 Å². The van der Waals surface area contributed by atoms with Gasteiger partial charge in [0.1, 0.15) is 0 Å². The van der Waals surface area contributed by atoms with E-state index in [1.807, 2.05) is 11.8 Å². The first-order valence-corrected chi connectivity index (χ1v) is 8.41. The number of aromatic amines is 1. The fourth-order valence-corrected chi connectivity index (χ4v) is 4.83. The van der Waals surface area contributed by atoms with Crippen LogP contribution in [0, 0.1) is 0 Å². The zero-order valence-electron chi connectivity index (χ0n) is 11.6. The summed E-state index contributed by atoms with van der Waals surface area (Å²) in [5.41, 5.74) is 0.0702. The molecule has 1 atom stereocenters. The highest BCUT2D eigenvalue weighted by Crippen LogP contribution is 2.30. The smallest absolute Gasteiger partial charge is 0.252 e. The maximum atomic E-state index is 11.8. The van der Waals surface area contributed by atoms with Crippen molar-refractivity contribution in [1.29, 1.82) is 0 Å². The number of rotatable bonds is 5. The molecule has 0 spiro atoms. The third-order valence-corrected chi connectivity index (χ3v) is 5.74. The molecule has 0 saturated carbocycles. The molecule has 1 aliphatic heterocycles. The first kappa shape index (κ1) is 15.0. The number of sulfone groups is 1. The predicted molar refractivity (Wildman–Crippen MR) is 79.3 cm³/mol. The summed E-state index contributed by atoms with van der Waals surface area (Å²) in [7, 11) is -2.98. The van der Waals surface area contributed by atoms with E-state index in [4.69, 9.17) is 0 Å². The van der Waals surface area contributed by atoms with Crippen LogP contribution in [0.25, 0.3) is 0 Å². The van der Waals surface area contributed by atoms with Crippen LogP contribution in [0.15, 0.2) is 35.8 Å². The van der Waals surface area contributed by atoms with Crippen molar-refractivity contribution in [3.8, 4) is 0 Å². The van der Waals surface area contributed by atoms with Gasteiger partial charge in [-0.3, -0.25) is 9.69 Å². The highest BCUT2D eigenvalue weighted by atomic mass is 32.2. The van der Waals surface area contributed by atoms with Gasteiger partial charge in [0.15, 0.2) is 9.84 Å². The van der Waals surface area contributed by atoms with Crippen LogP contribution in [0.3, 0.4) is 0 Å². The van der Waals surface area contributed by atoms with Gasteiger partial charge in [0, 0.05) is 30.4 Å². The summed E-state index contributed by atoms with van der Waals surface area (Å²) >= 11 is 0. The average molecular weight is 296 g/mol. The molecule has 1 aliphatic rings. The van der Waals surface area contributed by atoms with Crippen LogP contribution in [0.5, 0.6) is 0 Å². The summed E-state index contributed by atoms with van der Waals surface area (Å²) in [5.74, 6) is 0.348. The number of nitrogens with one attached hydrogen (secondary N) is 1. The zero-order valence-corrected chi connectivity index (χ0v) is 12.4. The van der Waals surface area contributed by atoms with Crippen molar-refractivity contribution in [1.82, 2.24) is 9.88 Å². The van der Waals surface area contributed by atoms with Gasteiger partial charge in [0.2, 0.25) is 0 Å². The van der Waals surface area contributed by atoms with Gasteiger partial charge in [-0.1, -0.05) is 12.1 Å². The molecule has 1 saturated heterocycles. The molecule has 5 nitrogen and oxygen atoms in total. The van der Waals surface area contributed by atoms with Crippen molar-refractivity contribution in [3.63, 3.8) is 0 Å². The Labute approximate surface area is 119 Å². The number of hydrogen-bond donors (Lipinski definition) is 1. The summed E-state index contributed by atoms with van der Waals surface area (Å²) in [4.78, 5) is 16.4. The molecule has 1 aromatic heterocycles. The number of nitrogens with zero attached hydrogens (tertiary/aromatic N) is 1. The lowest BCUT2D eigenvalue weighted by molar-refractivity contribution is 0.133. The van der Waals surface area contributed by atoms with E-state index in [2.05, 4.69) is 11.6 Å². The Morgan fingerprint density at radius 1 is 1.55 bits per heavy atom. The molecule has 2 heterocycles. The van der Waals surface area contributed by atoms with Gasteiger partial charge in [0.25, 0.3) is 5.56 Å². The molecule has 1 aromatic rings. The van der Waals surface area contributed by atoms with E-state index in [-0.39, 0.29) is 17.1 Å². The van der Waals surface area contributed by atoms with Crippen LogP contribution in [0.2, 0.25) is 0 Å². The minimum Gasteiger partial charge on any atom is -0.329 e. The lowest BCUT2D eigenvalue weighted by Crippen LogP contribution is -2.47. The van der Waals surface area contributed by atoms with E-state index in [1.54, 1.807) is 24.4 Å². The Morgan fingerprint density at radius 3 is 2.85 bits per heavy atom. The average Bonchev–Trinajstić information content (AvgIpc) is 2.67. The van der Waals surface area contributed by atoms with Crippen molar-refractivity contribution in [2.24, 2.45) is 0 Å². The summed E-state index contributed by atoms with van der Waals surface area (Å²) in [6.07, 6.45) is 3.92. The van der Waals surface area contributed by atoms with Crippen molar-refractivity contribution in [2.75, 3.05) is 18.1 Å². The number of pyridine rings is 1. The van der Waals surface area contributed by atoms with Gasteiger partial charge in [-0.25, -0.2) is 8.42 Å². The van der Waals surface area contributed by atoms with Gasteiger partial charge in [0.05, 0.1) is 11.5 Å². The highest BCUT2D eigenvalue weighted by Gasteiger charge is 2.42. The molecule has 1 N–H and O–H groups in total. The summed E-state index contributed by atoms with van der Waals surface area (Å²) < 4.78 is 23.5. The molecule has 2 rings (SSSR count). The third-order valence-electron chi connectivity index (χ3n) is 3.86. The first-order chi connectivity index (χ1) is 9.36. The summed E-state index contributed by atoms with van der Waals surface area (Å²) in [6.45, 7) is 6.65. The van der Waals surface area contributed by atoms with E-state index in [0.29, 0.717) is 25.1 Å². The van der Waals surface area contributed by atoms with E-state index >= 15 is 0 Å². The molecular formula is C14H20N2O3S. The molecule has 0 aromatic carbocycles. The maximum Gasteiger partial charge on any atom is 0.252 e. The zero-order chi connectivity index (χ0) is 14.8. The van der Waals surface area contributed by atoms with Gasteiger partial charge in [-0.2, -0.15) is 0 Å². The van der Waals surface area contributed by atoms with Crippen LogP contribution >= 0.6 is 0 Å². The van der Waals surface area contributed by atoms with E-state index < -0.39 is 15.4 Å². The number of hydrogen-bond acceptors (Lipinski definition) is 4. The van der Waals surface area contributed by atoms with Crippen molar-refractivity contribution in [3.05, 3.63) is 46.9 Å². The van der Waals surface area contributed by atoms with E-state index in [9.17, 15) is 13.2 Å². The Bertz CT molecular complexity index is 650. The molecule has 110 valence electrons. The standard InChI is InChI=1S/C14H20N2O3S/c1-3-8-16(10-12-5-4-7-15-13(12)17)14(2)6-9-20(18,19)11-14/h3-5,7H,1,6,8-11H2,2H3,(H,15,17). The van der Waals surface area contributed by atoms with Crippen molar-refractivity contribution >= 4 is 9.84 Å². The fourth-order valence-electron chi connectivity index (χ4n) is 2.66. The Morgan fingerprint density at radius 2 is 2.30 bits per heavy atom. The molecule has 6 heteroatoms. The summed E-state index contributed by atoms with van der Waals surface area (Å²) in [6, 6.07) is 3.54. The monoisotopic (exact) mass is 296 g/mol. The maximum absolute atomic E-state index is 11.8. The Balaban J connectivity index is 2.26. The van der Waals surface area contributed by atoms with Crippen LogP contribution in [-0.4, -0.2) is 41.9 Å². The molecular weight excluding hydrogens is 276 g/mol. The molecule has 0 bridgehead atoms. The first-order valence-electron chi connectivity index (χ1n) is 6.59. The number of H-pyrrole nitrogens is 1. The van der Waals surface area contributed by atoms with Gasteiger partial charge in [-0.05, 0) is 19.4 Å². The van der Waals surface area contributed by atoms with Crippen LogP contribution < -0.4 is 5.56 Å². The quantitative estimate of drug-likeness (QED) is 0.821. The van der Waals surface area contributed by atoms with Gasteiger partial charge in [-0.15, -0.1) is 6.58 Å². The van der Waals surface area contributed by atoms with Gasteiger partial charge < -0.3 is 4.98 Å². The minimum absolute atomic E-state index is 0.133. The van der Waals surface area contributed by atoms with Crippen LogP contribution in [-0.2, 0) is 16.4 Å². The van der Waals surface area contributed by atoms with Crippen molar-refractivity contribution < 1.29 is 8.42 Å². The van der Waals surface area contributed by atoms with Crippen molar-refractivity contribution in [2.45, 2.75) is 25.4 Å². The third kappa shape index (κ3) is 3.19. The predicted octanol–water partition coefficient (Wildman–Crippen LogP) is 0.940. The summed E-state index contributed by atoms with van der Waals surface area (Å²) in [5, 5.41) is 0. The second-order valence-corrected chi connectivity index (χ2v) is 7.72. The second kappa shape index (κ2) is 5.54.